The third kappa shape index (κ3) is 4.21. The lowest BCUT2D eigenvalue weighted by molar-refractivity contribution is -0.142. The fourth-order valence-electron chi connectivity index (χ4n) is 1.74. The molecule has 0 N–H and O–H groups in total. The van der Waals surface area contributed by atoms with Crippen molar-refractivity contribution in [1.29, 1.82) is 0 Å². The van der Waals surface area contributed by atoms with Crippen molar-refractivity contribution < 1.29 is 17.9 Å². The van der Waals surface area contributed by atoms with Crippen LogP contribution in [0.15, 0.2) is 24.3 Å². The van der Waals surface area contributed by atoms with Gasteiger partial charge in [0, 0.05) is 5.02 Å². The molecule has 1 unspecified atom stereocenters. The molecule has 106 valence electrons. The minimum Gasteiger partial charge on any atom is -0.465 e. The van der Waals surface area contributed by atoms with Crippen molar-refractivity contribution in [1.82, 2.24) is 0 Å². The third-order valence-corrected chi connectivity index (χ3v) is 5.14. The fraction of sp³-hybridized carbons (Fsp3) is 0.462. The van der Waals surface area contributed by atoms with Crippen molar-refractivity contribution in [2.24, 2.45) is 0 Å². The molecule has 1 aromatic carbocycles. The molecule has 4 nitrogen and oxygen atoms in total. The highest BCUT2D eigenvalue weighted by Crippen LogP contribution is 2.21. The minimum absolute atomic E-state index is 0.164. The molecule has 6 heteroatoms. The van der Waals surface area contributed by atoms with E-state index in [4.69, 9.17) is 16.3 Å². The Labute approximate surface area is 118 Å². The fourth-order valence-corrected chi connectivity index (χ4v) is 3.77. The largest absolute Gasteiger partial charge is 0.465 e. The Morgan fingerprint density at radius 2 is 1.95 bits per heavy atom. The molecule has 0 aromatic heterocycles. The zero-order valence-corrected chi connectivity index (χ0v) is 12.5. The van der Waals surface area contributed by atoms with E-state index < -0.39 is 21.1 Å². The van der Waals surface area contributed by atoms with Crippen molar-refractivity contribution in [2.75, 3.05) is 6.61 Å². The molecule has 0 aliphatic carbocycles. The van der Waals surface area contributed by atoms with Gasteiger partial charge in [0.2, 0.25) is 0 Å². The first-order valence-electron chi connectivity index (χ1n) is 6.04. The van der Waals surface area contributed by atoms with E-state index in [1.54, 1.807) is 38.1 Å². The third-order valence-electron chi connectivity index (χ3n) is 2.67. The van der Waals surface area contributed by atoms with Gasteiger partial charge in [0.15, 0.2) is 15.1 Å². The summed E-state index contributed by atoms with van der Waals surface area (Å²) in [5.74, 6) is -0.957. The van der Waals surface area contributed by atoms with E-state index in [-0.39, 0.29) is 18.8 Å². The number of hydrogen-bond acceptors (Lipinski definition) is 4. The maximum absolute atomic E-state index is 12.2. The molecule has 0 heterocycles. The number of benzene rings is 1. The van der Waals surface area contributed by atoms with Crippen LogP contribution in [0.5, 0.6) is 0 Å². The van der Waals surface area contributed by atoms with Gasteiger partial charge in [0.05, 0.1) is 12.4 Å². The zero-order chi connectivity index (χ0) is 14.5. The predicted molar refractivity (Wildman–Crippen MR) is 74.8 cm³/mol. The van der Waals surface area contributed by atoms with E-state index in [9.17, 15) is 13.2 Å². The summed E-state index contributed by atoms with van der Waals surface area (Å²) in [6.45, 7) is 3.45. The molecular weight excluding hydrogens is 288 g/mol. The standard InChI is InChI=1S/C13H17ClO4S/c1-3-12(13(15)18-4-2)19(16,17)9-10-7-5-6-8-11(10)14/h5-8,12H,3-4,9H2,1-2H3. The van der Waals surface area contributed by atoms with Gasteiger partial charge in [-0.2, -0.15) is 0 Å². The first-order valence-corrected chi connectivity index (χ1v) is 8.13. The van der Waals surface area contributed by atoms with Gasteiger partial charge in [-0.3, -0.25) is 4.79 Å². The lowest BCUT2D eigenvalue weighted by Gasteiger charge is -2.15. The number of rotatable bonds is 6. The molecule has 19 heavy (non-hydrogen) atoms. The highest BCUT2D eigenvalue weighted by atomic mass is 35.5. The lowest BCUT2D eigenvalue weighted by Crippen LogP contribution is -2.32. The SMILES string of the molecule is CCOC(=O)C(CC)S(=O)(=O)Cc1ccccc1Cl. The summed E-state index contributed by atoms with van der Waals surface area (Å²) in [7, 11) is -3.63. The molecule has 0 amide bonds. The summed E-state index contributed by atoms with van der Waals surface area (Å²) in [6.07, 6.45) is 0.186. The molecule has 0 saturated carbocycles. The monoisotopic (exact) mass is 304 g/mol. The number of halogens is 1. The Hall–Kier alpha value is -1.07. The molecule has 1 rings (SSSR count). The number of carbonyl (C=O) groups excluding carboxylic acids is 1. The average Bonchev–Trinajstić information content (AvgIpc) is 2.32. The second-order valence-electron chi connectivity index (χ2n) is 4.05. The van der Waals surface area contributed by atoms with E-state index in [2.05, 4.69) is 0 Å². The number of hydrogen-bond donors (Lipinski definition) is 0. The highest BCUT2D eigenvalue weighted by molar-refractivity contribution is 7.92. The van der Waals surface area contributed by atoms with Crippen LogP contribution >= 0.6 is 11.6 Å². The van der Waals surface area contributed by atoms with Crippen LogP contribution in [-0.2, 0) is 25.1 Å². The van der Waals surface area contributed by atoms with Crippen LogP contribution in [0.2, 0.25) is 5.02 Å². The zero-order valence-electron chi connectivity index (χ0n) is 10.9. The molecule has 0 spiro atoms. The van der Waals surface area contributed by atoms with Crippen molar-refractivity contribution >= 4 is 27.4 Å². The highest BCUT2D eigenvalue weighted by Gasteiger charge is 2.32. The summed E-state index contributed by atoms with van der Waals surface area (Å²) in [5, 5.41) is -0.756. The summed E-state index contributed by atoms with van der Waals surface area (Å²) >= 11 is 5.94. The molecule has 0 saturated heterocycles. The van der Waals surface area contributed by atoms with Gasteiger partial charge in [-0.15, -0.1) is 0 Å². The first kappa shape index (κ1) is 16.0. The maximum atomic E-state index is 12.2. The Balaban J connectivity index is 2.97. The normalized spacial score (nSPS) is 13.0. The van der Waals surface area contributed by atoms with Gasteiger partial charge in [-0.1, -0.05) is 36.7 Å². The second kappa shape index (κ2) is 6.91. The van der Waals surface area contributed by atoms with Crippen LogP contribution in [0, 0.1) is 0 Å². The number of esters is 1. The molecule has 1 aromatic rings. The molecule has 0 bridgehead atoms. The second-order valence-corrected chi connectivity index (χ2v) is 6.64. The lowest BCUT2D eigenvalue weighted by atomic mass is 10.2. The molecule has 0 fully saturated rings. The van der Waals surface area contributed by atoms with Crippen molar-refractivity contribution in [3.8, 4) is 0 Å². The summed E-state index contributed by atoms with van der Waals surface area (Å²) < 4.78 is 29.3. The number of carbonyl (C=O) groups is 1. The average molecular weight is 305 g/mol. The Kier molecular flexibility index (Phi) is 5.82. The summed E-state index contributed by atoms with van der Waals surface area (Å²) in [6, 6.07) is 6.69. The summed E-state index contributed by atoms with van der Waals surface area (Å²) in [5.41, 5.74) is 0.493. The Bertz CT molecular complexity index is 539. The van der Waals surface area contributed by atoms with E-state index in [1.165, 1.54) is 0 Å². The minimum atomic E-state index is -3.63. The van der Waals surface area contributed by atoms with E-state index in [0.29, 0.717) is 10.6 Å². The first-order chi connectivity index (χ1) is 8.92. The van der Waals surface area contributed by atoms with Gasteiger partial charge >= 0.3 is 5.97 Å². The van der Waals surface area contributed by atoms with Gasteiger partial charge < -0.3 is 4.74 Å². The molecule has 0 radical (unpaired) electrons. The Morgan fingerprint density at radius 3 is 2.47 bits per heavy atom. The van der Waals surface area contributed by atoms with Gasteiger partial charge in [-0.05, 0) is 25.0 Å². The van der Waals surface area contributed by atoms with Crippen LogP contribution in [-0.4, -0.2) is 26.2 Å². The van der Waals surface area contributed by atoms with Crippen LogP contribution in [0.25, 0.3) is 0 Å². The van der Waals surface area contributed by atoms with Crippen LogP contribution < -0.4 is 0 Å². The van der Waals surface area contributed by atoms with E-state index in [1.807, 2.05) is 0 Å². The van der Waals surface area contributed by atoms with Crippen molar-refractivity contribution in [2.45, 2.75) is 31.3 Å². The smallest absolute Gasteiger partial charge is 0.324 e. The molecule has 0 aliphatic rings. The topological polar surface area (TPSA) is 60.4 Å². The number of sulfone groups is 1. The molecule has 1 atom stereocenters. The van der Waals surface area contributed by atoms with Gasteiger partial charge in [-0.25, -0.2) is 8.42 Å². The Morgan fingerprint density at radius 1 is 1.32 bits per heavy atom. The predicted octanol–water partition coefficient (Wildman–Crippen LogP) is 2.60. The van der Waals surface area contributed by atoms with Crippen LogP contribution in [0.3, 0.4) is 0 Å². The van der Waals surface area contributed by atoms with E-state index >= 15 is 0 Å². The van der Waals surface area contributed by atoms with Crippen molar-refractivity contribution in [3.63, 3.8) is 0 Å². The van der Waals surface area contributed by atoms with Crippen molar-refractivity contribution in [3.05, 3.63) is 34.9 Å². The van der Waals surface area contributed by atoms with Gasteiger partial charge in [0.25, 0.3) is 0 Å². The molecular formula is C13H17ClO4S. The quantitative estimate of drug-likeness (QED) is 0.758. The van der Waals surface area contributed by atoms with Crippen LogP contribution in [0.1, 0.15) is 25.8 Å². The van der Waals surface area contributed by atoms with Crippen LogP contribution in [0.4, 0.5) is 0 Å². The van der Waals surface area contributed by atoms with Gasteiger partial charge in [0.1, 0.15) is 0 Å². The van der Waals surface area contributed by atoms with E-state index in [0.717, 1.165) is 0 Å². The molecule has 0 aliphatic heterocycles. The maximum Gasteiger partial charge on any atom is 0.324 e. The number of ether oxygens (including phenoxy) is 1. The summed E-state index contributed by atoms with van der Waals surface area (Å²) in [4.78, 5) is 11.7.